The topological polar surface area (TPSA) is 69.3 Å². The number of halogens is 3. The van der Waals surface area contributed by atoms with Crippen LogP contribution in [-0.2, 0) is 11.0 Å². The number of hydrogen-bond acceptors (Lipinski definition) is 5. The van der Waals surface area contributed by atoms with Crippen molar-refractivity contribution in [1.82, 2.24) is 14.9 Å². The smallest absolute Gasteiger partial charge is 0.368 e. The normalized spacial score (nSPS) is 15.1. The van der Waals surface area contributed by atoms with Gasteiger partial charge in [-0.1, -0.05) is 17.8 Å². The van der Waals surface area contributed by atoms with Gasteiger partial charge >= 0.3 is 6.18 Å². The van der Waals surface area contributed by atoms with Gasteiger partial charge in [-0.15, -0.1) is 0 Å². The van der Waals surface area contributed by atoms with E-state index in [2.05, 4.69) is 9.97 Å². The lowest BCUT2D eigenvalue weighted by molar-refractivity contribution is -0.137. The van der Waals surface area contributed by atoms with Crippen LogP contribution in [0.3, 0.4) is 0 Å². The van der Waals surface area contributed by atoms with Gasteiger partial charge in [0.15, 0.2) is 5.16 Å². The molecule has 0 bridgehead atoms. The number of alkyl halides is 3. The summed E-state index contributed by atoms with van der Waals surface area (Å²) in [6.45, 7) is 1.76. The number of thioether (sulfide) groups is 1. The molecule has 1 saturated heterocycles. The molecule has 144 valence electrons. The summed E-state index contributed by atoms with van der Waals surface area (Å²) in [6, 6.07) is 6.49. The summed E-state index contributed by atoms with van der Waals surface area (Å²) in [5.41, 5.74) is -0.466. The van der Waals surface area contributed by atoms with E-state index in [9.17, 15) is 22.8 Å². The highest BCUT2D eigenvalue weighted by Crippen LogP contribution is 2.31. The van der Waals surface area contributed by atoms with E-state index >= 15 is 0 Å². The molecule has 0 atom stereocenters. The number of aromatic amines is 1. The number of nitrogens with one attached hydrogen (secondary N) is 1. The van der Waals surface area contributed by atoms with Crippen LogP contribution < -0.4 is 10.5 Å². The first-order valence-electron chi connectivity index (χ1n) is 8.21. The van der Waals surface area contributed by atoms with Gasteiger partial charge in [-0.3, -0.25) is 9.59 Å². The van der Waals surface area contributed by atoms with Crippen LogP contribution in [0.1, 0.15) is 5.56 Å². The predicted octanol–water partition coefficient (Wildman–Crippen LogP) is 2.23. The Morgan fingerprint density at radius 1 is 1.19 bits per heavy atom. The molecule has 3 rings (SSSR count). The fourth-order valence-corrected chi connectivity index (χ4v) is 3.49. The highest BCUT2D eigenvalue weighted by atomic mass is 32.2. The van der Waals surface area contributed by atoms with Crippen molar-refractivity contribution in [2.24, 2.45) is 0 Å². The van der Waals surface area contributed by atoms with Crippen LogP contribution in [0.5, 0.6) is 0 Å². The zero-order valence-electron chi connectivity index (χ0n) is 14.2. The van der Waals surface area contributed by atoms with Crippen LogP contribution >= 0.6 is 11.8 Å². The minimum Gasteiger partial charge on any atom is -0.368 e. The maximum absolute atomic E-state index is 12.9. The standard InChI is InChI=1S/C17H17F3N4O2S/c18-17(19,20)12-2-1-3-13(10-12)23-6-8-24(9-7-23)15(26)11-27-16-21-5-4-14(25)22-16/h1-5,10H,6-9,11H2,(H,21,22,25). The zero-order valence-corrected chi connectivity index (χ0v) is 15.0. The molecule has 6 nitrogen and oxygen atoms in total. The van der Waals surface area contributed by atoms with Crippen molar-refractivity contribution in [3.8, 4) is 0 Å². The van der Waals surface area contributed by atoms with E-state index in [-0.39, 0.29) is 17.2 Å². The number of H-pyrrole nitrogens is 1. The zero-order chi connectivity index (χ0) is 19.4. The molecule has 2 heterocycles. The maximum atomic E-state index is 12.9. The van der Waals surface area contributed by atoms with Gasteiger partial charge in [-0.2, -0.15) is 13.2 Å². The molecule has 1 N–H and O–H groups in total. The number of benzene rings is 1. The number of nitrogens with zero attached hydrogens (tertiary/aromatic N) is 3. The van der Waals surface area contributed by atoms with E-state index in [1.807, 2.05) is 4.90 Å². The molecule has 1 fully saturated rings. The summed E-state index contributed by atoms with van der Waals surface area (Å²) in [4.78, 5) is 33.5. The number of rotatable bonds is 4. The summed E-state index contributed by atoms with van der Waals surface area (Å²) in [5, 5.41) is 0.374. The lowest BCUT2D eigenvalue weighted by atomic mass is 10.1. The monoisotopic (exact) mass is 398 g/mol. The lowest BCUT2D eigenvalue weighted by Gasteiger charge is -2.36. The second-order valence-electron chi connectivity index (χ2n) is 5.94. The van der Waals surface area contributed by atoms with Crippen molar-refractivity contribution in [1.29, 1.82) is 0 Å². The van der Waals surface area contributed by atoms with Crippen LogP contribution in [0.25, 0.3) is 0 Å². The van der Waals surface area contributed by atoms with Crippen LogP contribution in [0.4, 0.5) is 18.9 Å². The maximum Gasteiger partial charge on any atom is 0.416 e. The average Bonchev–Trinajstić information content (AvgIpc) is 2.66. The number of hydrogen-bond donors (Lipinski definition) is 1. The van der Waals surface area contributed by atoms with Crippen LogP contribution in [-0.4, -0.2) is 52.7 Å². The average molecular weight is 398 g/mol. The van der Waals surface area contributed by atoms with E-state index in [0.717, 1.165) is 23.9 Å². The first-order valence-corrected chi connectivity index (χ1v) is 9.19. The Balaban J connectivity index is 1.54. The first-order chi connectivity index (χ1) is 12.8. The fraction of sp³-hybridized carbons (Fsp3) is 0.353. The number of aromatic nitrogens is 2. The summed E-state index contributed by atoms with van der Waals surface area (Å²) >= 11 is 1.14. The Kier molecular flexibility index (Phi) is 5.73. The van der Waals surface area contributed by atoms with Crippen molar-refractivity contribution >= 4 is 23.4 Å². The summed E-state index contributed by atoms with van der Waals surface area (Å²) in [5.74, 6) is 0.0338. The molecule has 2 aromatic rings. The molecule has 1 aliphatic heterocycles. The number of carbonyl (C=O) groups excluding carboxylic acids is 1. The predicted molar refractivity (Wildman–Crippen MR) is 95.8 cm³/mol. The van der Waals surface area contributed by atoms with Gasteiger partial charge in [0.25, 0.3) is 5.56 Å². The van der Waals surface area contributed by atoms with Crippen molar-refractivity contribution in [3.63, 3.8) is 0 Å². The Bertz CT molecular complexity index is 863. The molecule has 1 aromatic carbocycles. The third-order valence-corrected chi connectivity index (χ3v) is 5.02. The van der Waals surface area contributed by atoms with Crippen molar-refractivity contribution in [2.75, 3.05) is 36.8 Å². The molecular weight excluding hydrogens is 381 g/mol. The summed E-state index contributed by atoms with van der Waals surface area (Å²) < 4.78 is 38.6. The van der Waals surface area contributed by atoms with Gasteiger partial charge in [0.05, 0.1) is 11.3 Å². The fourth-order valence-electron chi connectivity index (χ4n) is 2.74. The highest BCUT2D eigenvalue weighted by Gasteiger charge is 2.31. The highest BCUT2D eigenvalue weighted by molar-refractivity contribution is 7.99. The summed E-state index contributed by atoms with van der Waals surface area (Å²) in [7, 11) is 0. The van der Waals surface area contributed by atoms with Crippen molar-refractivity contribution < 1.29 is 18.0 Å². The Hall–Kier alpha value is -2.49. The van der Waals surface area contributed by atoms with Gasteiger partial charge in [-0.05, 0) is 18.2 Å². The van der Waals surface area contributed by atoms with Crippen LogP contribution in [0, 0.1) is 0 Å². The molecule has 0 aliphatic carbocycles. The van der Waals surface area contributed by atoms with Gasteiger partial charge in [-0.25, -0.2) is 4.98 Å². The van der Waals surface area contributed by atoms with Crippen LogP contribution in [0.2, 0.25) is 0 Å². The van der Waals surface area contributed by atoms with Crippen molar-refractivity contribution in [3.05, 3.63) is 52.4 Å². The Morgan fingerprint density at radius 2 is 1.93 bits per heavy atom. The second kappa shape index (κ2) is 8.03. The molecule has 1 amide bonds. The summed E-state index contributed by atoms with van der Waals surface area (Å²) in [6.07, 6.45) is -3.00. The molecule has 1 aliphatic rings. The lowest BCUT2D eigenvalue weighted by Crippen LogP contribution is -2.49. The van der Waals surface area contributed by atoms with E-state index in [1.54, 1.807) is 11.0 Å². The molecule has 10 heteroatoms. The molecule has 0 radical (unpaired) electrons. The second-order valence-corrected chi connectivity index (χ2v) is 6.91. The SMILES string of the molecule is O=C(CSc1nccc(=O)[nH]1)N1CCN(c2cccc(C(F)(F)F)c2)CC1. The molecule has 0 spiro atoms. The third-order valence-electron chi connectivity index (χ3n) is 4.15. The number of amides is 1. The van der Waals surface area contributed by atoms with Crippen LogP contribution in [0.15, 0.2) is 46.5 Å². The number of piperazine rings is 1. The first kappa shape index (κ1) is 19.3. The van der Waals surface area contributed by atoms with Gasteiger partial charge in [0.1, 0.15) is 0 Å². The molecule has 0 saturated carbocycles. The molecule has 27 heavy (non-hydrogen) atoms. The minimum absolute atomic E-state index is 0.102. The van der Waals surface area contributed by atoms with Gasteiger partial charge in [0.2, 0.25) is 5.91 Å². The van der Waals surface area contributed by atoms with E-state index in [1.165, 1.54) is 18.3 Å². The Labute approximate surface area is 157 Å². The van der Waals surface area contributed by atoms with Gasteiger partial charge < -0.3 is 14.8 Å². The third kappa shape index (κ3) is 5.03. The van der Waals surface area contributed by atoms with Crippen molar-refractivity contribution in [2.45, 2.75) is 11.3 Å². The quantitative estimate of drug-likeness (QED) is 0.632. The molecule has 0 unspecified atom stereocenters. The number of carbonyl (C=O) groups is 1. The van der Waals surface area contributed by atoms with E-state index in [0.29, 0.717) is 37.0 Å². The minimum atomic E-state index is -4.38. The van der Waals surface area contributed by atoms with Gasteiger partial charge in [0, 0.05) is 44.1 Å². The largest absolute Gasteiger partial charge is 0.416 e. The Morgan fingerprint density at radius 3 is 2.59 bits per heavy atom. The van der Waals surface area contributed by atoms with E-state index in [4.69, 9.17) is 0 Å². The molecule has 1 aromatic heterocycles. The molecular formula is C17H17F3N4O2S. The number of anilines is 1. The van der Waals surface area contributed by atoms with E-state index < -0.39 is 11.7 Å².